The molecule has 0 radical (unpaired) electrons. The number of halogens is 1. The number of aromatic nitrogens is 3. The number of amides is 2. The first-order valence-corrected chi connectivity index (χ1v) is 11.9. The van der Waals surface area contributed by atoms with Gasteiger partial charge in [0.05, 0.1) is 11.9 Å². The highest BCUT2D eigenvalue weighted by atomic mass is 32.1. The molecule has 0 spiro atoms. The molecule has 1 atom stereocenters. The van der Waals surface area contributed by atoms with Gasteiger partial charge in [-0.1, -0.05) is 6.92 Å². The van der Waals surface area contributed by atoms with Crippen molar-refractivity contribution >= 4 is 23.2 Å². The molecule has 0 saturated carbocycles. The Labute approximate surface area is 196 Å². The van der Waals surface area contributed by atoms with E-state index in [-0.39, 0.29) is 29.5 Å². The molecule has 0 bridgehead atoms. The van der Waals surface area contributed by atoms with Crippen LogP contribution in [0.15, 0.2) is 30.5 Å². The summed E-state index contributed by atoms with van der Waals surface area (Å²) in [4.78, 5) is 32.8. The van der Waals surface area contributed by atoms with Gasteiger partial charge in [-0.15, -0.1) is 11.3 Å². The van der Waals surface area contributed by atoms with Gasteiger partial charge in [0.1, 0.15) is 15.7 Å². The number of likely N-dealkylation sites (tertiary alicyclic amines) is 1. The quantitative estimate of drug-likeness (QED) is 0.569. The van der Waals surface area contributed by atoms with Crippen molar-refractivity contribution in [2.45, 2.75) is 40.2 Å². The van der Waals surface area contributed by atoms with Crippen LogP contribution in [0.1, 0.15) is 46.4 Å². The second kappa shape index (κ2) is 9.82. The molecule has 1 saturated heterocycles. The van der Waals surface area contributed by atoms with Gasteiger partial charge < -0.3 is 10.2 Å². The molecule has 3 aromatic rings. The lowest BCUT2D eigenvalue weighted by Gasteiger charge is -2.34. The van der Waals surface area contributed by atoms with Crippen molar-refractivity contribution in [2.75, 3.05) is 13.1 Å². The van der Waals surface area contributed by atoms with Crippen molar-refractivity contribution in [3.63, 3.8) is 0 Å². The third-order valence-electron chi connectivity index (χ3n) is 6.42. The Bertz CT molecular complexity index is 1130. The highest BCUT2D eigenvalue weighted by Crippen LogP contribution is 2.31. The first-order chi connectivity index (χ1) is 15.8. The van der Waals surface area contributed by atoms with Crippen LogP contribution in [0.5, 0.6) is 0 Å². The second-order valence-corrected chi connectivity index (χ2v) is 9.60. The van der Waals surface area contributed by atoms with E-state index in [9.17, 15) is 14.0 Å². The van der Waals surface area contributed by atoms with Gasteiger partial charge in [-0.3, -0.25) is 14.7 Å². The number of nitrogens with one attached hydrogen (secondary N) is 2. The zero-order chi connectivity index (χ0) is 23.5. The smallest absolute Gasteiger partial charge is 0.265 e. The molecule has 1 unspecified atom stereocenters. The van der Waals surface area contributed by atoms with Crippen LogP contribution in [0.2, 0.25) is 0 Å². The summed E-state index contributed by atoms with van der Waals surface area (Å²) in [5.74, 6) is -0.181. The standard InChI is InChI=1S/C24H28FN5O2S/c1-14(22(31)26-12-19-13-27-29-15(19)2)17-8-10-30(11-9-17)24(32)21-16(3)28-23(33-21)18-4-6-20(25)7-5-18/h4-7,13-14,17H,8-12H2,1-3H3,(H,26,31)(H,27,29). The fourth-order valence-corrected chi connectivity index (χ4v) is 5.21. The van der Waals surface area contributed by atoms with Gasteiger partial charge in [-0.2, -0.15) is 5.10 Å². The fraction of sp³-hybridized carbons (Fsp3) is 0.417. The molecular weight excluding hydrogens is 441 g/mol. The van der Waals surface area contributed by atoms with E-state index in [0.29, 0.717) is 35.2 Å². The molecule has 1 aromatic carbocycles. The third kappa shape index (κ3) is 5.13. The van der Waals surface area contributed by atoms with Gasteiger partial charge >= 0.3 is 0 Å². The zero-order valence-corrected chi connectivity index (χ0v) is 19.8. The van der Waals surface area contributed by atoms with Gasteiger partial charge in [-0.25, -0.2) is 9.37 Å². The summed E-state index contributed by atoms with van der Waals surface area (Å²) in [6, 6.07) is 6.14. The summed E-state index contributed by atoms with van der Waals surface area (Å²) in [5, 5.41) is 10.6. The van der Waals surface area contributed by atoms with Crippen LogP contribution in [-0.2, 0) is 11.3 Å². The van der Waals surface area contributed by atoms with Gasteiger partial charge in [0.15, 0.2) is 0 Å². The number of thiazole rings is 1. The van der Waals surface area contributed by atoms with Gasteiger partial charge in [-0.05, 0) is 56.9 Å². The van der Waals surface area contributed by atoms with E-state index in [4.69, 9.17) is 0 Å². The lowest BCUT2D eigenvalue weighted by atomic mass is 9.84. The topological polar surface area (TPSA) is 91.0 Å². The van der Waals surface area contributed by atoms with E-state index in [2.05, 4.69) is 20.5 Å². The monoisotopic (exact) mass is 469 g/mol. The number of hydrogen-bond donors (Lipinski definition) is 2. The molecule has 33 heavy (non-hydrogen) atoms. The predicted octanol–water partition coefficient (Wildman–Crippen LogP) is 4.09. The van der Waals surface area contributed by atoms with Crippen molar-refractivity contribution in [1.82, 2.24) is 25.4 Å². The minimum absolute atomic E-state index is 0.0238. The van der Waals surface area contributed by atoms with E-state index >= 15 is 0 Å². The van der Waals surface area contributed by atoms with E-state index in [0.717, 1.165) is 29.7 Å². The number of benzene rings is 1. The van der Waals surface area contributed by atoms with Crippen LogP contribution in [0.3, 0.4) is 0 Å². The lowest BCUT2D eigenvalue weighted by Crippen LogP contribution is -2.42. The van der Waals surface area contributed by atoms with Gasteiger partial charge in [0.2, 0.25) is 5.91 Å². The maximum atomic E-state index is 13.2. The van der Waals surface area contributed by atoms with Crippen molar-refractivity contribution in [2.24, 2.45) is 11.8 Å². The summed E-state index contributed by atoms with van der Waals surface area (Å²) < 4.78 is 13.2. The number of piperidine rings is 1. The van der Waals surface area contributed by atoms with Crippen LogP contribution in [0.4, 0.5) is 4.39 Å². The Hall–Kier alpha value is -3.07. The van der Waals surface area contributed by atoms with E-state index < -0.39 is 0 Å². The molecule has 0 aliphatic carbocycles. The molecule has 2 N–H and O–H groups in total. The summed E-state index contributed by atoms with van der Waals surface area (Å²) in [7, 11) is 0. The van der Waals surface area contributed by atoms with Crippen LogP contribution in [0, 0.1) is 31.5 Å². The molecular formula is C24H28FN5O2S. The van der Waals surface area contributed by atoms with Crippen LogP contribution < -0.4 is 5.32 Å². The average molecular weight is 470 g/mol. The Kier molecular flexibility index (Phi) is 6.88. The Balaban J connectivity index is 1.33. The van der Waals surface area contributed by atoms with E-state index in [1.165, 1.54) is 23.5 Å². The van der Waals surface area contributed by atoms with Crippen molar-refractivity contribution in [3.8, 4) is 10.6 Å². The van der Waals surface area contributed by atoms with Crippen LogP contribution >= 0.6 is 11.3 Å². The van der Waals surface area contributed by atoms with Crippen molar-refractivity contribution in [3.05, 3.63) is 58.1 Å². The number of hydrogen-bond acceptors (Lipinski definition) is 5. The summed E-state index contributed by atoms with van der Waals surface area (Å²) >= 11 is 1.34. The van der Waals surface area contributed by atoms with Crippen molar-refractivity contribution in [1.29, 1.82) is 0 Å². The highest BCUT2D eigenvalue weighted by molar-refractivity contribution is 7.17. The largest absolute Gasteiger partial charge is 0.352 e. The van der Waals surface area contributed by atoms with E-state index in [1.807, 2.05) is 25.7 Å². The summed E-state index contributed by atoms with van der Waals surface area (Å²) in [6.07, 6.45) is 3.30. The summed E-state index contributed by atoms with van der Waals surface area (Å²) in [6.45, 7) is 7.41. The van der Waals surface area contributed by atoms with Crippen LogP contribution in [-0.4, -0.2) is 45.0 Å². The molecule has 174 valence electrons. The predicted molar refractivity (Wildman–Crippen MR) is 125 cm³/mol. The maximum Gasteiger partial charge on any atom is 0.265 e. The molecule has 1 aliphatic heterocycles. The first kappa shape index (κ1) is 23.1. The van der Waals surface area contributed by atoms with Gasteiger partial charge in [0, 0.05) is 42.4 Å². The SMILES string of the molecule is Cc1nc(-c2ccc(F)cc2)sc1C(=O)N1CCC(C(C)C(=O)NCc2cn[nH]c2C)CC1. The zero-order valence-electron chi connectivity index (χ0n) is 19.0. The highest BCUT2D eigenvalue weighted by Gasteiger charge is 2.31. The first-order valence-electron chi connectivity index (χ1n) is 11.1. The number of carbonyl (C=O) groups is 2. The Morgan fingerprint density at radius 1 is 1.24 bits per heavy atom. The number of aryl methyl sites for hydroxylation is 2. The maximum absolute atomic E-state index is 13.2. The molecule has 3 heterocycles. The molecule has 4 rings (SSSR count). The number of rotatable bonds is 6. The van der Waals surface area contributed by atoms with Crippen molar-refractivity contribution < 1.29 is 14.0 Å². The minimum atomic E-state index is -0.300. The Morgan fingerprint density at radius 2 is 1.94 bits per heavy atom. The third-order valence-corrected chi connectivity index (χ3v) is 7.61. The molecule has 2 amide bonds. The number of H-pyrrole nitrogens is 1. The molecule has 1 aliphatic rings. The molecule has 1 fully saturated rings. The number of aromatic amines is 1. The molecule has 2 aromatic heterocycles. The summed E-state index contributed by atoms with van der Waals surface area (Å²) in [5.41, 5.74) is 3.42. The number of carbonyl (C=O) groups excluding carboxylic acids is 2. The lowest BCUT2D eigenvalue weighted by molar-refractivity contribution is -0.126. The molecule has 9 heteroatoms. The van der Waals surface area contributed by atoms with Crippen LogP contribution in [0.25, 0.3) is 10.6 Å². The van der Waals surface area contributed by atoms with Gasteiger partial charge in [0.25, 0.3) is 5.91 Å². The molecule has 7 nitrogen and oxygen atoms in total. The second-order valence-electron chi connectivity index (χ2n) is 8.60. The Morgan fingerprint density at radius 3 is 2.58 bits per heavy atom. The minimum Gasteiger partial charge on any atom is -0.352 e. The average Bonchev–Trinajstić information content (AvgIpc) is 3.42. The van der Waals surface area contributed by atoms with E-state index in [1.54, 1.807) is 18.3 Å². The fourth-order valence-electron chi connectivity index (χ4n) is 4.17. The normalized spacial score (nSPS) is 15.5. The number of nitrogens with zero attached hydrogens (tertiary/aromatic N) is 3.